The highest BCUT2D eigenvalue weighted by molar-refractivity contribution is 5.76. The monoisotopic (exact) mass is 210 g/mol. The summed E-state index contributed by atoms with van der Waals surface area (Å²) in [6.07, 6.45) is 11.2. The first-order valence-electron chi connectivity index (χ1n) is 5.96. The molecule has 86 valence electrons. The van der Waals surface area contributed by atoms with Gasteiger partial charge in [-0.2, -0.15) is 0 Å². The maximum absolute atomic E-state index is 11.5. The Morgan fingerprint density at radius 3 is 3.07 bits per heavy atom. The number of rotatable bonds is 4. The second kappa shape index (κ2) is 7.46. The molecule has 0 radical (unpaired) electrons. The Morgan fingerprint density at radius 1 is 1.40 bits per heavy atom. The Morgan fingerprint density at radius 2 is 2.27 bits per heavy atom. The van der Waals surface area contributed by atoms with E-state index in [9.17, 15) is 4.79 Å². The average molecular weight is 210 g/mol. The molecule has 0 aromatic carbocycles. The highest BCUT2D eigenvalue weighted by atomic mass is 16.1. The summed E-state index contributed by atoms with van der Waals surface area (Å²) in [6, 6.07) is 0. The fourth-order valence-corrected chi connectivity index (χ4v) is 1.92. The fourth-order valence-electron chi connectivity index (χ4n) is 1.92. The first kappa shape index (κ1) is 12.2. The third kappa shape index (κ3) is 5.57. The van der Waals surface area contributed by atoms with Gasteiger partial charge in [0.1, 0.15) is 0 Å². The van der Waals surface area contributed by atoms with Gasteiger partial charge in [0.05, 0.1) is 0 Å². The van der Waals surface area contributed by atoms with Crippen LogP contribution in [-0.2, 0) is 4.79 Å². The van der Waals surface area contributed by atoms with Crippen molar-refractivity contribution in [2.75, 3.05) is 13.1 Å². The summed E-state index contributed by atoms with van der Waals surface area (Å²) in [6.45, 7) is 1.11. The van der Waals surface area contributed by atoms with Gasteiger partial charge in [0, 0.05) is 19.5 Å². The molecule has 0 fully saturated rings. The Kier molecular flexibility index (Phi) is 6.09. The second-order valence-corrected chi connectivity index (χ2v) is 4.17. The minimum atomic E-state index is 0.135. The number of carbonyl (C=O) groups is 1. The molecule has 0 spiro atoms. The Bertz CT molecular complexity index is 214. The molecule has 1 atom stereocenters. The number of hydrogen-bond donors (Lipinski definition) is 2. The molecule has 15 heavy (non-hydrogen) atoms. The van der Waals surface area contributed by atoms with Gasteiger partial charge in [0.25, 0.3) is 0 Å². The highest BCUT2D eigenvalue weighted by Gasteiger charge is 2.11. The van der Waals surface area contributed by atoms with E-state index in [1.165, 1.54) is 25.7 Å². The number of allylic oxidation sites excluding steroid dienone is 2. The van der Waals surface area contributed by atoms with E-state index in [1.807, 2.05) is 0 Å². The average Bonchev–Trinajstić information content (AvgIpc) is 2.19. The molecule has 0 aromatic heterocycles. The van der Waals surface area contributed by atoms with E-state index in [4.69, 9.17) is 5.73 Å². The standard InChI is InChI=1S/C12H22N2O/c13-8-9-14-12(15)10-11-6-4-2-1-3-5-7-11/h4,6,11H,1-3,5,7-10,13H2,(H,14,15)/b6-4-. The van der Waals surface area contributed by atoms with Gasteiger partial charge in [0.2, 0.25) is 5.91 Å². The molecule has 1 rings (SSSR count). The van der Waals surface area contributed by atoms with Crippen LogP contribution in [0.4, 0.5) is 0 Å². The van der Waals surface area contributed by atoms with Crippen molar-refractivity contribution < 1.29 is 4.79 Å². The minimum Gasteiger partial charge on any atom is -0.355 e. The maximum atomic E-state index is 11.5. The summed E-state index contributed by atoms with van der Waals surface area (Å²) in [5.41, 5.74) is 5.33. The van der Waals surface area contributed by atoms with Gasteiger partial charge in [-0.15, -0.1) is 0 Å². The first-order chi connectivity index (χ1) is 7.33. The summed E-state index contributed by atoms with van der Waals surface area (Å²) < 4.78 is 0. The number of nitrogens with one attached hydrogen (secondary N) is 1. The van der Waals surface area contributed by atoms with Gasteiger partial charge in [-0.05, 0) is 25.2 Å². The van der Waals surface area contributed by atoms with Gasteiger partial charge >= 0.3 is 0 Å². The smallest absolute Gasteiger partial charge is 0.220 e. The SMILES string of the molecule is NCCNC(=O)CC1/C=C\CCCCC1. The summed E-state index contributed by atoms with van der Waals surface area (Å²) in [5, 5.41) is 2.82. The van der Waals surface area contributed by atoms with Crippen LogP contribution in [0, 0.1) is 5.92 Å². The molecule has 0 saturated carbocycles. The van der Waals surface area contributed by atoms with E-state index >= 15 is 0 Å². The van der Waals surface area contributed by atoms with E-state index in [0.29, 0.717) is 25.4 Å². The van der Waals surface area contributed by atoms with Crippen LogP contribution in [-0.4, -0.2) is 19.0 Å². The number of nitrogens with two attached hydrogens (primary N) is 1. The van der Waals surface area contributed by atoms with Crippen molar-refractivity contribution in [3.05, 3.63) is 12.2 Å². The van der Waals surface area contributed by atoms with Gasteiger partial charge in [-0.25, -0.2) is 0 Å². The van der Waals surface area contributed by atoms with Crippen molar-refractivity contribution in [1.82, 2.24) is 5.32 Å². The Balaban J connectivity index is 2.28. The molecule has 0 heterocycles. The second-order valence-electron chi connectivity index (χ2n) is 4.17. The van der Waals surface area contributed by atoms with Crippen molar-refractivity contribution >= 4 is 5.91 Å². The lowest BCUT2D eigenvalue weighted by Gasteiger charge is -2.14. The topological polar surface area (TPSA) is 55.1 Å². The van der Waals surface area contributed by atoms with Crippen molar-refractivity contribution in [1.29, 1.82) is 0 Å². The molecule has 3 heteroatoms. The van der Waals surface area contributed by atoms with Crippen molar-refractivity contribution in [3.63, 3.8) is 0 Å². The maximum Gasteiger partial charge on any atom is 0.220 e. The molecule has 1 aliphatic rings. The van der Waals surface area contributed by atoms with E-state index in [1.54, 1.807) is 0 Å². The lowest BCUT2D eigenvalue weighted by atomic mass is 9.94. The predicted molar refractivity (Wildman–Crippen MR) is 62.4 cm³/mol. The number of hydrogen-bond acceptors (Lipinski definition) is 2. The number of carbonyl (C=O) groups excluding carboxylic acids is 1. The lowest BCUT2D eigenvalue weighted by molar-refractivity contribution is -0.121. The van der Waals surface area contributed by atoms with Crippen LogP contribution in [0.1, 0.15) is 38.5 Å². The van der Waals surface area contributed by atoms with Crippen LogP contribution in [0.3, 0.4) is 0 Å². The molecule has 3 nitrogen and oxygen atoms in total. The van der Waals surface area contributed by atoms with Crippen LogP contribution in [0.25, 0.3) is 0 Å². The summed E-state index contributed by atoms with van der Waals surface area (Å²) >= 11 is 0. The molecule has 1 amide bonds. The van der Waals surface area contributed by atoms with Crippen molar-refractivity contribution in [3.8, 4) is 0 Å². The van der Waals surface area contributed by atoms with Crippen molar-refractivity contribution in [2.24, 2.45) is 11.7 Å². The fraction of sp³-hybridized carbons (Fsp3) is 0.750. The minimum absolute atomic E-state index is 0.135. The van der Waals surface area contributed by atoms with Gasteiger partial charge < -0.3 is 11.1 Å². The third-order valence-electron chi connectivity index (χ3n) is 2.77. The van der Waals surface area contributed by atoms with Gasteiger partial charge in [0.15, 0.2) is 0 Å². The van der Waals surface area contributed by atoms with E-state index in [-0.39, 0.29) is 5.91 Å². The van der Waals surface area contributed by atoms with Crippen LogP contribution < -0.4 is 11.1 Å². The van der Waals surface area contributed by atoms with Crippen LogP contribution >= 0.6 is 0 Å². The van der Waals surface area contributed by atoms with Gasteiger partial charge in [-0.3, -0.25) is 4.79 Å². The lowest BCUT2D eigenvalue weighted by Crippen LogP contribution is -2.30. The predicted octanol–water partition coefficient (Wildman–Crippen LogP) is 1.59. The Hall–Kier alpha value is -0.830. The molecule has 0 aromatic rings. The molecular formula is C12H22N2O. The highest BCUT2D eigenvalue weighted by Crippen LogP contribution is 2.19. The van der Waals surface area contributed by atoms with E-state index in [0.717, 1.165) is 6.42 Å². The molecule has 0 bridgehead atoms. The summed E-state index contributed by atoms with van der Waals surface area (Å²) in [5.74, 6) is 0.568. The van der Waals surface area contributed by atoms with E-state index < -0.39 is 0 Å². The molecule has 1 aliphatic carbocycles. The molecule has 0 aliphatic heterocycles. The molecule has 0 saturated heterocycles. The largest absolute Gasteiger partial charge is 0.355 e. The number of amides is 1. The van der Waals surface area contributed by atoms with Crippen LogP contribution in [0.15, 0.2) is 12.2 Å². The quantitative estimate of drug-likeness (QED) is 0.692. The van der Waals surface area contributed by atoms with Crippen molar-refractivity contribution in [2.45, 2.75) is 38.5 Å². The van der Waals surface area contributed by atoms with E-state index in [2.05, 4.69) is 17.5 Å². The normalized spacial score (nSPS) is 23.9. The summed E-state index contributed by atoms with van der Waals surface area (Å²) in [4.78, 5) is 11.5. The molecule has 3 N–H and O–H groups in total. The zero-order valence-corrected chi connectivity index (χ0v) is 9.37. The first-order valence-corrected chi connectivity index (χ1v) is 5.96. The third-order valence-corrected chi connectivity index (χ3v) is 2.77. The summed E-state index contributed by atoms with van der Waals surface area (Å²) in [7, 11) is 0. The zero-order chi connectivity index (χ0) is 10.9. The van der Waals surface area contributed by atoms with Crippen LogP contribution in [0.5, 0.6) is 0 Å². The zero-order valence-electron chi connectivity index (χ0n) is 9.37. The van der Waals surface area contributed by atoms with Crippen LogP contribution in [0.2, 0.25) is 0 Å². The van der Waals surface area contributed by atoms with Gasteiger partial charge in [-0.1, -0.05) is 25.0 Å². The Labute approximate surface area is 92.1 Å². The molecule has 1 unspecified atom stereocenters. The molecular weight excluding hydrogens is 188 g/mol.